The van der Waals surface area contributed by atoms with E-state index < -0.39 is 25.2 Å². The highest BCUT2D eigenvalue weighted by Gasteiger charge is 2.42. The molecule has 0 amide bonds. The zero-order chi connectivity index (χ0) is 16.9. The van der Waals surface area contributed by atoms with Gasteiger partial charge in [-0.15, -0.1) is 0 Å². The van der Waals surface area contributed by atoms with Crippen molar-refractivity contribution in [1.82, 2.24) is 0 Å². The van der Waals surface area contributed by atoms with Gasteiger partial charge in [-0.25, -0.2) is 14.4 Å². The molecule has 0 atom stereocenters. The maximum absolute atomic E-state index is 12.2. The second-order valence-electron chi connectivity index (χ2n) is 3.87. The Hall–Kier alpha value is -1.89. The molecule has 0 saturated carbocycles. The van der Waals surface area contributed by atoms with Crippen LogP contribution >= 0.6 is 7.34 Å². The molecule has 22 heavy (non-hydrogen) atoms. The maximum atomic E-state index is 12.2. The number of esters is 3. The van der Waals surface area contributed by atoms with Gasteiger partial charge in [-0.3, -0.25) is 0 Å². The van der Waals surface area contributed by atoms with Gasteiger partial charge in [0.05, 0.1) is 26.9 Å². The van der Waals surface area contributed by atoms with Crippen LogP contribution in [0.25, 0.3) is 0 Å². The third-order valence-corrected chi connectivity index (χ3v) is 5.97. The van der Waals surface area contributed by atoms with Gasteiger partial charge < -0.3 is 23.3 Å². The van der Waals surface area contributed by atoms with E-state index in [9.17, 15) is 14.4 Å². The molecule has 0 aliphatic carbocycles. The molecule has 1 aliphatic heterocycles. The topological polar surface area (TPSA) is 97.4 Å². The van der Waals surface area contributed by atoms with Gasteiger partial charge in [0.1, 0.15) is 10.6 Å². The Balaban J connectivity index is 3.82. The van der Waals surface area contributed by atoms with Crippen LogP contribution in [0.5, 0.6) is 0 Å². The van der Waals surface area contributed by atoms with E-state index >= 15 is 0 Å². The van der Waals surface area contributed by atoms with Crippen molar-refractivity contribution in [3.05, 3.63) is 23.0 Å². The molecule has 0 aromatic heterocycles. The first-order valence-corrected chi connectivity index (χ1v) is 7.61. The number of rotatable bonds is 5. The number of hydrogen-bond donors (Lipinski definition) is 0. The van der Waals surface area contributed by atoms with Gasteiger partial charge in [-0.05, 0) is 12.2 Å². The fraction of sp³-hybridized carbons (Fsp3) is 0.385. The normalized spacial score (nSPS) is 16.3. The molecule has 0 N–H and O–H groups in total. The number of ether oxygens (including phenoxy) is 3. The predicted molar refractivity (Wildman–Crippen MR) is 78.2 cm³/mol. The van der Waals surface area contributed by atoms with Crippen molar-refractivity contribution in [3.63, 3.8) is 0 Å². The molecular weight excluding hydrogens is 315 g/mol. The van der Waals surface area contributed by atoms with Gasteiger partial charge >= 0.3 is 17.9 Å². The lowest BCUT2D eigenvalue weighted by Gasteiger charge is -2.29. The van der Waals surface area contributed by atoms with Crippen molar-refractivity contribution >= 4 is 30.5 Å². The van der Waals surface area contributed by atoms with Gasteiger partial charge in [-0.1, -0.05) is 0 Å². The first kappa shape index (κ1) is 18.2. The highest BCUT2D eigenvalue weighted by Crippen LogP contribution is 2.60. The van der Waals surface area contributed by atoms with Crippen molar-refractivity contribution in [2.24, 2.45) is 0 Å². The van der Waals surface area contributed by atoms with E-state index in [1.165, 1.54) is 33.5 Å². The predicted octanol–water partition coefficient (Wildman–Crippen LogP) is 0.642. The Kier molecular flexibility index (Phi) is 6.11. The summed E-state index contributed by atoms with van der Waals surface area (Å²) < 4.78 is 24.7. The van der Waals surface area contributed by atoms with E-state index in [0.29, 0.717) is 0 Å². The first-order chi connectivity index (χ1) is 10.4. The Morgan fingerprint density at radius 3 is 1.68 bits per heavy atom. The summed E-state index contributed by atoms with van der Waals surface area (Å²) in [6, 6.07) is 0. The molecule has 0 aromatic rings. The Labute approximate surface area is 127 Å². The minimum atomic E-state index is -3.38. The zero-order valence-corrected chi connectivity index (χ0v) is 13.8. The van der Waals surface area contributed by atoms with Crippen molar-refractivity contribution in [2.45, 2.75) is 0 Å². The highest BCUT2D eigenvalue weighted by atomic mass is 31.2. The van der Waals surface area contributed by atoms with E-state index in [1.54, 1.807) is 0 Å². The quantitative estimate of drug-likeness (QED) is 0.411. The molecule has 122 valence electrons. The third kappa shape index (κ3) is 2.85. The van der Waals surface area contributed by atoms with Crippen LogP contribution in [0, 0.1) is 0 Å². The number of methoxy groups -OCH3 is 3. The molecule has 8 nitrogen and oxygen atoms in total. The summed E-state index contributed by atoms with van der Waals surface area (Å²) in [6.07, 6.45) is 2.58. The lowest BCUT2D eigenvalue weighted by Crippen LogP contribution is -2.29. The smallest absolute Gasteiger partial charge is 0.343 e. The number of hydrogen-bond acceptors (Lipinski definition) is 8. The molecule has 0 bridgehead atoms. The van der Waals surface area contributed by atoms with Crippen LogP contribution in [0.2, 0.25) is 0 Å². The molecule has 9 heteroatoms. The fourth-order valence-corrected chi connectivity index (χ4v) is 4.53. The second-order valence-corrected chi connectivity index (χ2v) is 6.63. The standard InChI is InChI=1S/C13H17O8P/c1-17-11(14)8-6-7-9(12(15)18-2)22(20-4,21-5)10(8)13(16)19-3/h6-7H,1-5H3. The van der Waals surface area contributed by atoms with Gasteiger partial charge in [0.25, 0.3) is 0 Å². The summed E-state index contributed by atoms with van der Waals surface area (Å²) >= 11 is 0. The SMILES string of the molecule is COC(=O)C1=CC=C(C(=O)OC)P(OC)(OC)=C1C(=O)OC. The van der Waals surface area contributed by atoms with Gasteiger partial charge in [-0.2, -0.15) is 0 Å². The average molecular weight is 332 g/mol. The van der Waals surface area contributed by atoms with Crippen LogP contribution in [0.15, 0.2) is 23.0 Å². The molecule has 1 heterocycles. The number of allylic oxidation sites excluding steroid dienone is 2. The molecule has 0 radical (unpaired) electrons. The van der Waals surface area contributed by atoms with Gasteiger partial charge in [0.2, 0.25) is 0 Å². The van der Waals surface area contributed by atoms with Gasteiger partial charge in [0, 0.05) is 14.2 Å². The van der Waals surface area contributed by atoms with Crippen LogP contribution in [0.3, 0.4) is 0 Å². The summed E-state index contributed by atoms with van der Waals surface area (Å²) in [5, 5.41) is -0.206. The summed E-state index contributed by atoms with van der Waals surface area (Å²) in [7, 11) is 2.63. The van der Waals surface area contributed by atoms with Crippen LogP contribution in [-0.4, -0.2) is 58.8 Å². The summed E-state index contributed by atoms with van der Waals surface area (Å²) in [5.74, 6) is -2.37. The van der Waals surface area contributed by atoms with Crippen LogP contribution in [0.4, 0.5) is 0 Å². The summed E-state index contributed by atoms with van der Waals surface area (Å²) in [4.78, 5) is 36.0. The van der Waals surface area contributed by atoms with E-state index in [0.717, 1.165) is 14.2 Å². The van der Waals surface area contributed by atoms with E-state index in [2.05, 4.69) is 9.47 Å². The lowest BCUT2D eigenvalue weighted by atomic mass is 10.1. The highest BCUT2D eigenvalue weighted by molar-refractivity contribution is 7.74. The summed E-state index contributed by atoms with van der Waals surface area (Å²) in [5.41, 5.74) is -0.0981. The summed E-state index contributed by atoms with van der Waals surface area (Å²) in [6.45, 7) is 0. The monoisotopic (exact) mass is 332 g/mol. The molecule has 0 aromatic carbocycles. The van der Waals surface area contributed by atoms with Crippen molar-refractivity contribution in [3.8, 4) is 0 Å². The van der Waals surface area contributed by atoms with Gasteiger partial charge in [0.15, 0.2) is 7.34 Å². The van der Waals surface area contributed by atoms with Crippen LogP contribution in [-0.2, 0) is 37.6 Å². The molecule has 0 unspecified atom stereocenters. The van der Waals surface area contributed by atoms with E-state index in [1.807, 2.05) is 0 Å². The van der Waals surface area contributed by atoms with Crippen molar-refractivity contribution in [1.29, 1.82) is 0 Å². The number of carbonyl (C=O) groups excluding carboxylic acids is 3. The lowest BCUT2D eigenvalue weighted by molar-refractivity contribution is -0.137. The van der Waals surface area contributed by atoms with Crippen molar-refractivity contribution in [2.75, 3.05) is 35.5 Å². The van der Waals surface area contributed by atoms with Crippen molar-refractivity contribution < 1.29 is 37.6 Å². The Bertz CT molecular complexity index is 606. The van der Waals surface area contributed by atoms with E-state index in [-0.39, 0.29) is 16.2 Å². The largest absolute Gasteiger partial charge is 0.465 e. The molecule has 0 spiro atoms. The zero-order valence-electron chi connectivity index (χ0n) is 12.9. The fourth-order valence-electron chi connectivity index (χ4n) is 1.97. The first-order valence-electron chi connectivity index (χ1n) is 5.99. The average Bonchev–Trinajstić information content (AvgIpc) is 2.57. The molecular formula is C13H17O8P. The molecule has 1 aliphatic rings. The number of carbonyl (C=O) groups is 3. The Morgan fingerprint density at radius 2 is 1.27 bits per heavy atom. The second kappa shape index (κ2) is 7.40. The van der Waals surface area contributed by atoms with Crippen LogP contribution < -0.4 is 0 Å². The molecule has 1 rings (SSSR count). The minimum Gasteiger partial charge on any atom is -0.465 e. The molecule has 0 saturated heterocycles. The minimum absolute atomic E-state index is 0.00643. The van der Waals surface area contributed by atoms with E-state index in [4.69, 9.17) is 13.8 Å². The van der Waals surface area contributed by atoms with Crippen LogP contribution in [0.1, 0.15) is 0 Å². The Morgan fingerprint density at radius 1 is 0.773 bits per heavy atom. The molecule has 0 fully saturated rings. The third-order valence-electron chi connectivity index (χ3n) is 2.97. The maximum Gasteiger partial charge on any atom is 0.343 e.